The van der Waals surface area contributed by atoms with Crippen molar-refractivity contribution >= 4 is 5.97 Å². The topological polar surface area (TPSA) is 55.8 Å². The molecule has 0 aliphatic carbocycles. The van der Waals surface area contributed by atoms with E-state index in [2.05, 4.69) is 4.74 Å². The predicted molar refractivity (Wildman–Crippen MR) is 71.4 cm³/mol. The fourth-order valence-electron chi connectivity index (χ4n) is 1.83. The number of phenolic OH excluding ortho intramolecular Hbond substituents is 1. The van der Waals surface area contributed by atoms with Crippen LogP contribution >= 0.6 is 0 Å². The van der Waals surface area contributed by atoms with Crippen LogP contribution in [0.15, 0.2) is 36.4 Å². The lowest BCUT2D eigenvalue weighted by atomic mass is 10.0. The lowest BCUT2D eigenvalue weighted by Gasteiger charge is -2.08. The molecule has 0 radical (unpaired) electrons. The summed E-state index contributed by atoms with van der Waals surface area (Å²) in [4.78, 5) is 11.5. The van der Waals surface area contributed by atoms with Gasteiger partial charge < -0.3 is 14.6 Å². The molecule has 4 nitrogen and oxygen atoms in total. The minimum atomic E-state index is -0.741. The Balaban J connectivity index is 2.50. The van der Waals surface area contributed by atoms with Crippen LogP contribution in [0.2, 0.25) is 0 Å². The molecule has 0 fully saturated rings. The van der Waals surface area contributed by atoms with Crippen molar-refractivity contribution in [1.82, 2.24) is 0 Å². The van der Waals surface area contributed by atoms with Gasteiger partial charge in [0.1, 0.15) is 5.82 Å². The van der Waals surface area contributed by atoms with Gasteiger partial charge in [0.2, 0.25) is 0 Å². The Morgan fingerprint density at radius 1 is 1.10 bits per heavy atom. The van der Waals surface area contributed by atoms with Crippen LogP contribution < -0.4 is 4.74 Å². The number of phenols is 1. The first-order valence-corrected chi connectivity index (χ1v) is 5.82. The molecule has 0 bridgehead atoms. The maximum atomic E-state index is 13.6. The van der Waals surface area contributed by atoms with Crippen molar-refractivity contribution in [1.29, 1.82) is 0 Å². The third kappa shape index (κ3) is 2.56. The van der Waals surface area contributed by atoms with Crippen LogP contribution in [0.3, 0.4) is 0 Å². The number of esters is 1. The van der Waals surface area contributed by atoms with E-state index in [4.69, 9.17) is 4.74 Å². The van der Waals surface area contributed by atoms with Gasteiger partial charge in [0.25, 0.3) is 0 Å². The van der Waals surface area contributed by atoms with E-state index in [1.807, 2.05) is 0 Å². The molecule has 2 aromatic carbocycles. The maximum Gasteiger partial charge on any atom is 0.340 e. The van der Waals surface area contributed by atoms with Gasteiger partial charge in [-0.05, 0) is 35.4 Å². The van der Waals surface area contributed by atoms with E-state index >= 15 is 0 Å². The van der Waals surface area contributed by atoms with Crippen LogP contribution in [0.5, 0.6) is 11.5 Å². The molecule has 0 saturated heterocycles. The van der Waals surface area contributed by atoms with Gasteiger partial charge in [-0.3, -0.25) is 0 Å². The quantitative estimate of drug-likeness (QED) is 0.876. The normalized spacial score (nSPS) is 10.2. The average molecular weight is 276 g/mol. The van der Waals surface area contributed by atoms with E-state index in [9.17, 15) is 14.3 Å². The van der Waals surface area contributed by atoms with Crippen LogP contribution in [-0.2, 0) is 4.74 Å². The Bertz CT molecular complexity index is 652. The van der Waals surface area contributed by atoms with Crippen molar-refractivity contribution in [3.05, 3.63) is 47.8 Å². The third-order valence-electron chi connectivity index (χ3n) is 2.88. The minimum Gasteiger partial charge on any atom is -0.504 e. The zero-order valence-electron chi connectivity index (χ0n) is 11.0. The number of aromatic hydroxyl groups is 1. The molecule has 0 aliphatic rings. The van der Waals surface area contributed by atoms with E-state index in [1.165, 1.54) is 38.5 Å². The fourth-order valence-corrected chi connectivity index (χ4v) is 1.83. The highest BCUT2D eigenvalue weighted by Gasteiger charge is 2.14. The molecule has 2 rings (SSSR count). The molecule has 0 saturated carbocycles. The fraction of sp³-hybridized carbons (Fsp3) is 0.133. The van der Waals surface area contributed by atoms with E-state index < -0.39 is 11.8 Å². The van der Waals surface area contributed by atoms with Crippen LogP contribution in [0.25, 0.3) is 11.1 Å². The number of carbonyl (C=O) groups excluding carboxylic acids is 1. The maximum absolute atomic E-state index is 13.6. The largest absolute Gasteiger partial charge is 0.504 e. The summed E-state index contributed by atoms with van der Waals surface area (Å²) in [6.45, 7) is 0. The highest BCUT2D eigenvalue weighted by molar-refractivity contribution is 5.91. The molecule has 0 unspecified atom stereocenters. The lowest BCUT2D eigenvalue weighted by Crippen LogP contribution is -2.04. The first kappa shape index (κ1) is 13.9. The van der Waals surface area contributed by atoms with Crippen molar-refractivity contribution in [2.24, 2.45) is 0 Å². The molecule has 20 heavy (non-hydrogen) atoms. The summed E-state index contributed by atoms with van der Waals surface area (Å²) < 4.78 is 23.1. The number of hydrogen-bond acceptors (Lipinski definition) is 4. The first-order chi connectivity index (χ1) is 9.56. The smallest absolute Gasteiger partial charge is 0.340 e. The summed E-state index contributed by atoms with van der Waals surface area (Å²) in [5, 5.41) is 9.55. The Hall–Kier alpha value is -2.56. The van der Waals surface area contributed by atoms with Gasteiger partial charge in [0.15, 0.2) is 11.5 Å². The van der Waals surface area contributed by atoms with Crippen LogP contribution in [0, 0.1) is 5.82 Å². The van der Waals surface area contributed by atoms with Gasteiger partial charge >= 0.3 is 5.97 Å². The zero-order valence-corrected chi connectivity index (χ0v) is 11.0. The van der Waals surface area contributed by atoms with Crippen molar-refractivity contribution in [2.45, 2.75) is 0 Å². The Kier molecular flexibility index (Phi) is 3.89. The minimum absolute atomic E-state index is 0.00607. The predicted octanol–water partition coefficient (Wildman–Crippen LogP) is 2.99. The summed E-state index contributed by atoms with van der Waals surface area (Å²) in [6, 6.07) is 8.84. The van der Waals surface area contributed by atoms with Gasteiger partial charge in [-0.2, -0.15) is 0 Å². The van der Waals surface area contributed by atoms with Crippen LogP contribution in [0.4, 0.5) is 4.39 Å². The summed E-state index contributed by atoms with van der Waals surface area (Å²) in [7, 11) is 2.63. The highest BCUT2D eigenvalue weighted by atomic mass is 19.1. The molecule has 2 aromatic rings. The number of benzene rings is 2. The molecular weight excluding hydrogens is 263 g/mol. The number of halogens is 1. The standard InChI is InChI=1S/C15H13FO4/c1-19-14-8-10(4-6-13(14)17)9-3-5-12(16)11(7-9)15(18)20-2/h3-8,17H,1-2H3. The Labute approximate surface area is 115 Å². The molecule has 0 heterocycles. The summed E-state index contributed by atoms with van der Waals surface area (Å²) in [5.41, 5.74) is 1.16. The van der Waals surface area contributed by atoms with Gasteiger partial charge in [0, 0.05) is 0 Å². The molecule has 0 aliphatic heterocycles. The molecule has 0 amide bonds. The average Bonchev–Trinajstić information content (AvgIpc) is 2.47. The molecule has 104 valence electrons. The molecule has 0 atom stereocenters. The number of carbonyl (C=O) groups is 1. The molecule has 0 spiro atoms. The molecule has 5 heteroatoms. The second-order valence-corrected chi connectivity index (χ2v) is 4.07. The SMILES string of the molecule is COC(=O)c1cc(-c2ccc(O)c(OC)c2)ccc1F. The number of ether oxygens (including phenoxy) is 2. The summed E-state index contributed by atoms with van der Waals surface area (Å²) in [6.07, 6.45) is 0. The summed E-state index contributed by atoms with van der Waals surface area (Å²) in [5.74, 6) is -1.08. The lowest BCUT2D eigenvalue weighted by molar-refractivity contribution is 0.0595. The second kappa shape index (κ2) is 5.61. The zero-order chi connectivity index (χ0) is 14.7. The van der Waals surface area contributed by atoms with Gasteiger partial charge in [-0.25, -0.2) is 9.18 Å². The van der Waals surface area contributed by atoms with Gasteiger partial charge in [0.05, 0.1) is 19.8 Å². The van der Waals surface area contributed by atoms with E-state index in [0.29, 0.717) is 16.9 Å². The number of methoxy groups -OCH3 is 2. The van der Waals surface area contributed by atoms with Crippen LogP contribution in [0.1, 0.15) is 10.4 Å². The summed E-state index contributed by atoms with van der Waals surface area (Å²) >= 11 is 0. The van der Waals surface area contributed by atoms with Crippen molar-refractivity contribution < 1.29 is 23.8 Å². The highest BCUT2D eigenvalue weighted by Crippen LogP contribution is 2.32. The molecule has 1 N–H and O–H groups in total. The van der Waals surface area contributed by atoms with Crippen LogP contribution in [-0.4, -0.2) is 25.3 Å². The Morgan fingerprint density at radius 3 is 2.40 bits per heavy atom. The van der Waals surface area contributed by atoms with E-state index in [1.54, 1.807) is 12.1 Å². The first-order valence-electron chi connectivity index (χ1n) is 5.82. The van der Waals surface area contributed by atoms with Crippen molar-refractivity contribution in [2.75, 3.05) is 14.2 Å². The van der Waals surface area contributed by atoms with Gasteiger partial charge in [-0.1, -0.05) is 12.1 Å². The second-order valence-electron chi connectivity index (χ2n) is 4.07. The number of hydrogen-bond donors (Lipinski definition) is 1. The number of rotatable bonds is 3. The Morgan fingerprint density at radius 2 is 1.75 bits per heavy atom. The van der Waals surface area contributed by atoms with E-state index in [-0.39, 0.29) is 11.3 Å². The van der Waals surface area contributed by atoms with Crippen molar-refractivity contribution in [3.63, 3.8) is 0 Å². The van der Waals surface area contributed by atoms with Gasteiger partial charge in [-0.15, -0.1) is 0 Å². The molecular formula is C15H13FO4. The van der Waals surface area contributed by atoms with Crippen molar-refractivity contribution in [3.8, 4) is 22.6 Å². The van der Waals surface area contributed by atoms with E-state index in [0.717, 1.165) is 0 Å². The monoisotopic (exact) mass is 276 g/mol. The third-order valence-corrected chi connectivity index (χ3v) is 2.88. The molecule has 0 aromatic heterocycles.